The predicted octanol–water partition coefficient (Wildman–Crippen LogP) is 4.23. The monoisotopic (exact) mass is 702 g/mol. The molecule has 13 nitrogen and oxygen atoms in total. The van der Waals surface area contributed by atoms with Crippen molar-refractivity contribution in [2.75, 3.05) is 63.2 Å². The van der Waals surface area contributed by atoms with Gasteiger partial charge in [-0.1, -0.05) is 0 Å². The number of nitrogens with zero attached hydrogens (tertiary/aromatic N) is 4. The van der Waals surface area contributed by atoms with Gasteiger partial charge in [0.1, 0.15) is 24.0 Å². The molecule has 264 valence electrons. The Bertz CT molecular complexity index is 1770. The Labute approximate surface area is 283 Å². The summed E-state index contributed by atoms with van der Waals surface area (Å²) in [6.45, 7) is 5.87. The average Bonchev–Trinajstić information content (AvgIpc) is 3.73. The number of carbonyl (C=O) groups is 2. The van der Waals surface area contributed by atoms with Gasteiger partial charge >= 0.3 is 6.09 Å². The number of sulfonamides is 1. The minimum atomic E-state index is -4.36. The standard InChI is InChI=1S/C33H40F2N6O7S/c1-2-47-33(43)41-30-7-12-40(49(44,45)26-18-22(34)17-23(35)19-26)21-28(30)31(38-41)37-32(42)27-6-5-25(48-16-13-39-10-3-4-11-39)20-29(27)36-24-8-14-46-15-9-24/h5-6,17-20,24,36H,2-4,7-16,21H2,1H3,(H,37,38,42). The fourth-order valence-corrected chi connectivity index (χ4v) is 7.78. The Morgan fingerprint density at radius 3 is 2.49 bits per heavy atom. The number of benzene rings is 2. The van der Waals surface area contributed by atoms with Gasteiger partial charge in [0.05, 0.1) is 28.4 Å². The molecule has 2 fully saturated rings. The summed E-state index contributed by atoms with van der Waals surface area (Å²) in [5, 5.41) is 10.6. The maximum atomic E-state index is 14.0. The lowest BCUT2D eigenvalue weighted by molar-refractivity contribution is 0.0904. The summed E-state index contributed by atoms with van der Waals surface area (Å²) >= 11 is 0. The number of rotatable bonds is 11. The van der Waals surface area contributed by atoms with Crippen molar-refractivity contribution in [3.05, 3.63) is 64.9 Å². The van der Waals surface area contributed by atoms with Crippen LogP contribution in [0.15, 0.2) is 41.3 Å². The highest BCUT2D eigenvalue weighted by Gasteiger charge is 2.35. The van der Waals surface area contributed by atoms with Crippen molar-refractivity contribution >= 4 is 33.5 Å². The number of nitrogens with one attached hydrogen (secondary N) is 2. The first kappa shape index (κ1) is 34.7. The SMILES string of the molecule is CCOC(=O)n1nc(NC(=O)c2ccc(OCCN3CCCC3)cc2NC2CCOCC2)c2c1CCN(S(=O)(=O)c1cc(F)cc(F)c1)C2. The molecule has 2 N–H and O–H groups in total. The number of halogens is 2. The minimum Gasteiger partial charge on any atom is -0.492 e. The van der Waals surface area contributed by atoms with E-state index in [-0.39, 0.29) is 49.1 Å². The van der Waals surface area contributed by atoms with Gasteiger partial charge in [0.15, 0.2) is 5.82 Å². The Morgan fingerprint density at radius 2 is 1.78 bits per heavy atom. The van der Waals surface area contributed by atoms with E-state index >= 15 is 0 Å². The number of amides is 1. The van der Waals surface area contributed by atoms with E-state index in [4.69, 9.17) is 14.2 Å². The Hall–Kier alpha value is -4.12. The fraction of sp³-hybridized carbons (Fsp3) is 0.485. The molecule has 0 spiro atoms. The van der Waals surface area contributed by atoms with Gasteiger partial charge in [0.2, 0.25) is 10.0 Å². The lowest BCUT2D eigenvalue weighted by atomic mass is 10.1. The first-order valence-corrected chi connectivity index (χ1v) is 18.0. The topological polar surface area (TPSA) is 144 Å². The van der Waals surface area contributed by atoms with Gasteiger partial charge in [-0.05, 0) is 70.0 Å². The van der Waals surface area contributed by atoms with Crippen molar-refractivity contribution in [2.24, 2.45) is 0 Å². The molecule has 16 heteroatoms. The third kappa shape index (κ3) is 8.03. The number of anilines is 2. The zero-order chi connectivity index (χ0) is 34.5. The molecule has 0 radical (unpaired) electrons. The van der Waals surface area contributed by atoms with Gasteiger partial charge in [0, 0.05) is 63.0 Å². The molecule has 0 saturated carbocycles. The molecule has 2 saturated heterocycles. The van der Waals surface area contributed by atoms with Crippen LogP contribution >= 0.6 is 0 Å². The quantitative estimate of drug-likeness (QED) is 0.298. The molecule has 0 atom stereocenters. The van der Waals surface area contributed by atoms with Crippen molar-refractivity contribution in [3.8, 4) is 5.75 Å². The molecule has 49 heavy (non-hydrogen) atoms. The molecule has 3 aromatic rings. The van der Waals surface area contributed by atoms with E-state index in [9.17, 15) is 26.8 Å². The fourth-order valence-electron chi connectivity index (χ4n) is 6.33. The van der Waals surface area contributed by atoms with E-state index in [1.54, 1.807) is 25.1 Å². The van der Waals surface area contributed by atoms with Crippen molar-refractivity contribution in [1.82, 2.24) is 19.0 Å². The molecule has 4 heterocycles. The smallest absolute Gasteiger partial charge is 0.434 e. The van der Waals surface area contributed by atoms with Crippen LogP contribution in [0.25, 0.3) is 0 Å². The van der Waals surface area contributed by atoms with Crippen LogP contribution in [-0.2, 0) is 32.5 Å². The number of hydrogen-bond acceptors (Lipinski definition) is 10. The van der Waals surface area contributed by atoms with E-state index in [1.165, 1.54) is 12.8 Å². The summed E-state index contributed by atoms with van der Waals surface area (Å²) in [6, 6.07) is 7.27. The van der Waals surface area contributed by atoms with Crippen molar-refractivity contribution in [2.45, 2.75) is 56.5 Å². The Morgan fingerprint density at radius 1 is 1.04 bits per heavy atom. The summed E-state index contributed by atoms with van der Waals surface area (Å²) in [5.74, 6) is -2.06. The molecule has 1 aromatic heterocycles. The van der Waals surface area contributed by atoms with Crippen LogP contribution in [0.4, 0.5) is 25.1 Å². The molecular weight excluding hydrogens is 662 g/mol. The van der Waals surface area contributed by atoms with Gasteiger partial charge < -0.3 is 24.8 Å². The molecular formula is C33H40F2N6O7S. The summed E-state index contributed by atoms with van der Waals surface area (Å²) < 4.78 is 73.7. The van der Waals surface area contributed by atoms with E-state index in [1.807, 2.05) is 0 Å². The average molecular weight is 703 g/mol. The number of hydrogen-bond donors (Lipinski definition) is 2. The molecule has 2 aromatic carbocycles. The normalized spacial score (nSPS) is 17.4. The third-order valence-electron chi connectivity index (χ3n) is 8.86. The maximum Gasteiger partial charge on any atom is 0.434 e. The Balaban J connectivity index is 1.28. The minimum absolute atomic E-state index is 0.0219. The van der Waals surface area contributed by atoms with Gasteiger partial charge in [0.25, 0.3) is 5.91 Å². The number of fused-ring (bicyclic) bond motifs is 1. The molecule has 1 amide bonds. The van der Waals surface area contributed by atoms with Crippen molar-refractivity contribution in [3.63, 3.8) is 0 Å². The Kier molecular flexibility index (Phi) is 10.8. The first-order valence-electron chi connectivity index (χ1n) is 16.5. The second-order valence-corrected chi connectivity index (χ2v) is 14.1. The van der Waals surface area contributed by atoms with Crippen LogP contribution in [0.2, 0.25) is 0 Å². The van der Waals surface area contributed by atoms with E-state index in [0.29, 0.717) is 43.0 Å². The summed E-state index contributed by atoms with van der Waals surface area (Å²) in [6.07, 6.45) is 3.10. The van der Waals surface area contributed by atoms with Crippen LogP contribution < -0.4 is 15.4 Å². The summed E-state index contributed by atoms with van der Waals surface area (Å²) in [4.78, 5) is 28.6. The lowest BCUT2D eigenvalue weighted by Gasteiger charge is -2.27. The maximum absolute atomic E-state index is 14.0. The van der Waals surface area contributed by atoms with Crippen molar-refractivity contribution in [1.29, 1.82) is 0 Å². The highest BCUT2D eigenvalue weighted by molar-refractivity contribution is 7.89. The van der Waals surface area contributed by atoms with Crippen LogP contribution in [0, 0.1) is 11.6 Å². The third-order valence-corrected chi connectivity index (χ3v) is 10.7. The molecule has 6 rings (SSSR count). The zero-order valence-corrected chi connectivity index (χ0v) is 28.1. The van der Waals surface area contributed by atoms with Crippen molar-refractivity contribution < 1.29 is 41.0 Å². The number of aromatic nitrogens is 2. The van der Waals surface area contributed by atoms with Crippen LogP contribution in [0.1, 0.15) is 54.2 Å². The van der Waals surface area contributed by atoms with Crippen LogP contribution in [0.5, 0.6) is 5.75 Å². The zero-order valence-electron chi connectivity index (χ0n) is 27.3. The highest BCUT2D eigenvalue weighted by atomic mass is 32.2. The predicted molar refractivity (Wildman–Crippen MR) is 175 cm³/mol. The first-order chi connectivity index (χ1) is 23.6. The molecule has 0 aliphatic carbocycles. The van der Waals surface area contributed by atoms with Crippen LogP contribution in [-0.4, -0.2) is 98.1 Å². The molecule has 3 aliphatic heterocycles. The molecule has 0 bridgehead atoms. The van der Waals surface area contributed by atoms with E-state index in [0.717, 1.165) is 53.6 Å². The molecule has 3 aliphatic rings. The summed E-state index contributed by atoms with van der Waals surface area (Å²) in [5.41, 5.74) is 1.44. The van der Waals surface area contributed by atoms with Gasteiger partial charge in [-0.15, -0.1) is 5.10 Å². The van der Waals surface area contributed by atoms with Gasteiger partial charge in [-0.25, -0.2) is 22.0 Å². The van der Waals surface area contributed by atoms with Gasteiger partial charge in [-0.2, -0.15) is 8.99 Å². The van der Waals surface area contributed by atoms with Gasteiger partial charge in [-0.3, -0.25) is 9.69 Å². The summed E-state index contributed by atoms with van der Waals surface area (Å²) in [7, 11) is -4.36. The lowest BCUT2D eigenvalue weighted by Crippen LogP contribution is -2.37. The largest absolute Gasteiger partial charge is 0.492 e. The highest BCUT2D eigenvalue weighted by Crippen LogP contribution is 2.32. The van der Waals surface area contributed by atoms with E-state index < -0.39 is 38.6 Å². The second kappa shape index (κ2) is 15.2. The van der Waals surface area contributed by atoms with E-state index in [2.05, 4.69) is 20.6 Å². The van der Waals surface area contributed by atoms with Crippen LogP contribution in [0.3, 0.4) is 0 Å². The number of carbonyl (C=O) groups excluding carboxylic acids is 2. The number of likely N-dealkylation sites (tertiary alicyclic amines) is 1. The molecule has 0 unspecified atom stereocenters. The number of ether oxygens (including phenoxy) is 3. The second-order valence-electron chi connectivity index (χ2n) is 12.2.